The fourth-order valence-electron chi connectivity index (χ4n) is 0. The molecule has 0 unspecified atom stereocenters. The predicted molar refractivity (Wildman–Crippen MR) is 3.60 cm³/mol. The molecular weight excluding hydrogens is 210 g/mol. The fraction of sp³-hybridized carbons (Fsp3) is 0. The normalized spacial score (nSPS) is 3.57. The first kappa shape index (κ1) is 22.4. The molecular formula is H2KLiNaNbO3. The second-order valence-corrected chi connectivity index (χ2v) is 1.32. The summed E-state index contributed by atoms with van der Waals surface area (Å²) in [5.74, 6) is 0. The van der Waals surface area contributed by atoms with Crippen molar-refractivity contribution in [3.63, 3.8) is 0 Å². The van der Waals surface area contributed by atoms with E-state index in [-0.39, 0.29) is 103 Å². The van der Waals surface area contributed by atoms with E-state index in [2.05, 4.69) is 0 Å². The van der Waals surface area contributed by atoms with Crippen LogP contribution in [0.5, 0.6) is 0 Å². The molecule has 0 saturated heterocycles. The topological polar surface area (TPSA) is 57.2 Å². The average Bonchev–Trinajstić information content (AvgIpc) is 0.811. The molecule has 0 radical (unpaired) electrons. The molecule has 0 aliphatic heterocycles. The molecule has 0 atom stereocenters. The molecule has 0 N–H and O–H groups in total. The van der Waals surface area contributed by atoms with E-state index in [9.17, 15) is 0 Å². The summed E-state index contributed by atoms with van der Waals surface area (Å²) in [6.07, 6.45) is 0. The molecule has 0 spiro atoms. The van der Waals surface area contributed by atoms with Crippen molar-refractivity contribution in [1.29, 1.82) is 0 Å². The van der Waals surface area contributed by atoms with Crippen LogP contribution in [0.4, 0.5) is 0 Å². The van der Waals surface area contributed by atoms with Crippen molar-refractivity contribution in [2.24, 2.45) is 0 Å². The molecule has 7 heavy (non-hydrogen) atoms. The molecule has 0 heterocycles. The Hall–Kier alpha value is 3.53. The molecule has 0 bridgehead atoms. The van der Waals surface area contributed by atoms with E-state index in [1.807, 2.05) is 0 Å². The Morgan fingerprint density at radius 3 is 1.43 bits per heavy atom. The van der Waals surface area contributed by atoms with Crippen LogP contribution in [0.1, 0.15) is 2.85 Å². The molecule has 7 heteroatoms. The van der Waals surface area contributed by atoms with Gasteiger partial charge in [-0.2, -0.15) is 0 Å². The van der Waals surface area contributed by atoms with Crippen LogP contribution in [-0.2, 0) is 25.3 Å². The maximum atomic E-state index is 8.60. The zero-order valence-electron chi connectivity index (χ0n) is 6.67. The van der Waals surface area contributed by atoms with E-state index in [4.69, 9.17) is 10.1 Å². The molecule has 0 aromatic carbocycles. The van der Waals surface area contributed by atoms with E-state index in [1.165, 1.54) is 0 Å². The van der Waals surface area contributed by atoms with Gasteiger partial charge in [-0.25, -0.2) is 0 Å². The average molecular weight is 212 g/mol. The third kappa shape index (κ3) is 43.3. The van der Waals surface area contributed by atoms with Crippen molar-refractivity contribution in [2.45, 2.75) is 0 Å². The first-order valence-corrected chi connectivity index (χ1v) is 3.24. The van der Waals surface area contributed by atoms with Crippen molar-refractivity contribution in [3.8, 4) is 0 Å². The van der Waals surface area contributed by atoms with Gasteiger partial charge in [-0.05, 0) is 0 Å². The summed E-state index contributed by atoms with van der Waals surface area (Å²) in [6, 6.07) is 0. The van der Waals surface area contributed by atoms with Gasteiger partial charge < -0.3 is 2.85 Å². The Kier molecular flexibility index (Phi) is 52.1. The van der Waals surface area contributed by atoms with E-state index in [1.54, 1.807) is 0 Å². The molecule has 0 aromatic rings. The SMILES string of the molecule is [H-].[H-].[K+].[Li+].[Na+].[O]=[Nb](=[O])[O-]. The van der Waals surface area contributed by atoms with Gasteiger partial charge in [0.2, 0.25) is 0 Å². The monoisotopic (exact) mass is 212 g/mol. The van der Waals surface area contributed by atoms with Crippen LogP contribution >= 0.6 is 0 Å². The molecule has 0 amide bonds. The molecule has 0 aromatic heterocycles. The quantitative estimate of drug-likeness (QED) is 0.374. The summed E-state index contributed by atoms with van der Waals surface area (Å²) in [6.45, 7) is 0. The minimum absolute atomic E-state index is 0. The zero-order valence-corrected chi connectivity index (χ0v) is 12.0. The van der Waals surface area contributed by atoms with Crippen molar-refractivity contribution in [2.75, 3.05) is 0 Å². The minimum atomic E-state index is -4.20. The van der Waals surface area contributed by atoms with Crippen LogP contribution in [0.3, 0.4) is 0 Å². The number of hydrogen-bond donors (Lipinski definition) is 0. The summed E-state index contributed by atoms with van der Waals surface area (Å²) >= 11 is -4.20. The van der Waals surface area contributed by atoms with Gasteiger partial charge in [-0.3, -0.25) is 0 Å². The maximum absolute atomic E-state index is 8.60. The Labute approximate surface area is 128 Å². The molecule has 3 nitrogen and oxygen atoms in total. The van der Waals surface area contributed by atoms with Crippen molar-refractivity contribution in [3.05, 3.63) is 0 Å². The molecule has 0 rings (SSSR count). The predicted octanol–water partition coefficient (Wildman–Crippen LogP) is -10.2. The first-order chi connectivity index (χ1) is 1.73. The molecule has 0 aliphatic carbocycles. The first-order valence-electron chi connectivity index (χ1n) is 0.548. The Balaban J connectivity index is -0.00000000450. The van der Waals surface area contributed by atoms with Gasteiger partial charge >= 0.3 is 129 Å². The van der Waals surface area contributed by atoms with Gasteiger partial charge in [-0.1, -0.05) is 0 Å². The molecule has 0 aliphatic rings. The van der Waals surface area contributed by atoms with E-state index >= 15 is 0 Å². The summed E-state index contributed by atoms with van der Waals surface area (Å²) in [5, 5.41) is 0. The van der Waals surface area contributed by atoms with Crippen LogP contribution < -0.4 is 103 Å². The van der Waals surface area contributed by atoms with Crippen LogP contribution in [0.25, 0.3) is 0 Å². The second-order valence-electron chi connectivity index (χ2n) is 0.224. The Morgan fingerprint density at radius 1 is 1.43 bits per heavy atom. The standard InChI is InChI=1S/K.Li.Na.Nb.3O.2H/q3*+1;;;;3*-1. The third-order valence-corrected chi connectivity index (χ3v) is 0. The van der Waals surface area contributed by atoms with Crippen LogP contribution in [0.15, 0.2) is 0 Å². The van der Waals surface area contributed by atoms with Crippen molar-refractivity contribution >= 4 is 0 Å². The van der Waals surface area contributed by atoms with Gasteiger partial charge in [-0.15, -0.1) is 0 Å². The number of rotatable bonds is 0. The van der Waals surface area contributed by atoms with E-state index in [0.717, 1.165) is 0 Å². The summed E-state index contributed by atoms with van der Waals surface area (Å²) in [7, 11) is 0. The van der Waals surface area contributed by atoms with E-state index < -0.39 is 18.8 Å². The van der Waals surface area contributed by atoms with Gasteiger partial charge in [0.25, 0.3) is 0 Å². The molecule has 0 fully saturated rings. The summed E-state index contributed by atoms with van der Waals surface area (Å²) < 4.78 is 25.8. The van der Waals surface area contributed by atoms with Gasteiger partial charge in [0.15, 0.2) is 0 Å². The van der Waals surface area contributed by atoms with Crippen molar-refractivity contribution in [1.82, 2.24) is 0 Å². The summed E-state index contributed by atoms with van der Waals surface area (Å²) in [5.41, 5.74) is 0. The van der Waals surface area contributed by atoms with Gasteiger partial charge in [0.05, 0.1) is 0 Å². The van der Waals surface area contributed by atoms with Crippen LogP contribution in [-0.4, -0.2) is 0 Å². The molecule has 0 saturated carbocycles. The molecule has 28 valence electrons. The Morgan fingerprint density at radius 2 is 1.43 bits per heavy atom. The van der Waals surface area contributed by atoms with Gasteiger partial charge in [0.1, 0.15) is 0 Å². The second kappa shape index (κ2) is 16.3. The summed E-state index contributed by atoms with van der Waals surface area (Å²) in [4.78, 5) is 0. The zero-order chi connectivity index (χ0) is 3.58. The fourth-order valence-corrected chi connectivity index (χ4v) is 0. The van der Waals surface area contributed by atoms with Crippen LogP contribution in [0.2, 0.25) is 0 Å². The number of hydrogen-bond acceptors (Lipinski definition) is 3. The third-order valence-electron chi connectivity index (χ3n) is 0. The van der Waals surface area contributed by atoms with Crippen LogP contribution in [0, 0.1) is 0 Å². The Bertz CT molecular complexity index is 70.2. The van der Waals surface area contributed by atoms with Gasteiger partial charge in [0, 0.05) is 0 Å². The van der Waals surface area contributed by atoms with Crippen molar-refractivity contribution < 1.29 is 132 Å². The van der Waals surface area contributed by atoms with E-state index in [0.29, 0.717) is 0 Å².